The highest BCUT2D eigenvalue weighted by Crippen LogP contribution is 2.38. The molecule has 13 heteroatoms. The van der Waals surface area contributed by atoms with Crippen molar-refractivity contribution in [2.24, 2.45) is 5.92 Å². The predicted molar refractivity (Wildman–Crippen MR) is 136 cm³/mol. The van der Waals surface area contributed by atoms with E-state index in [1.54, 1.807) is 12.1 Å². The zero-order valence-electron chi connectivity index (χ0n) is 19.9. The Morgan fingerprint density at radius 1 is 1.13 bits per heavy atom. The van der Waals surface area contributed by atoms with Crippen molar-refractivity contribution in [3.63, 3.8) is 0 Å². The van der Waals surface area contributed by atoms with Crippen molar-refractivity contribution in [1.82, 2.24) is 20.3 Å². The van der Waals surface area contributed by atoms with Crippen LogP contribution < -0.4 is 20.7 Å². The van der Waals surface area contributed by atoms with E-state index in [0.717, 1.165) is 16.8 Å². The van der Waals surface area contributed by atoms with Gasteiger partial charge in [-0.1, -0.05) is 23.5 Å². The number of halogens is 3. The van der Waals surface area contributed by atoms with Gasteiger partial charge in [-0.15, -0.1) is 0 Å². The molecule has 3 heterocycles. The zero-order valence-corrected chi connectivity index (χ0v) is 20.7. The second-order valence-corrected chi connectivity index (χ2v) is 9.61. The number of nitrogens with one attached hydrogen (secondary N) is 3. The first kappa shape index (κ1) is 25.5. The van der Waals surface area contributed by atoms with Gasteiger partial charge in [-0.05, 0) is 37.2 Å². The predicted octanol–water partition coefficient (Wildman–Crippen LogP) is 5.07. The standard InChI is InChI=1S/C25H21F3N6O3S/c1-13(35)32-24-34-22-19(3-2-4-20(22)38-24)37-21-10-17(30-12-31-21)16-6-5-15(25(26,27)28)9-18(16)33-23(36)14-7-8-29-11-14/h2-6,9-10,12,14,29H,7-8,11H2,1H3,(H,33,36)(H,32,34,35). The fourth-order valence-corrected chi connectivity index (χ4v) is 4.96. The minimum atomic E-state index is -4.59. The molecule has 0 radical (unpaired) electrons. The van der Waals surface area contributed by atoms with E-state index >= 15 is 0 Å². The van der Waals surface area contributed by atoms with Crippen molar-refractivity contribution >= 4 is 44.2 Å². The topological polar surface area (TPSA) is 118 Å². The fraction of sp³-hybridized carbons (Fsp3) is 0.240. The molecule has 2 aromatic heterocycles. The van der Waals surface area contributed by atoms with Crippen molar-refractivity contribution < 1.29 is 27.5 Å². The van der Waals surface area contributed by atoms with Crippen LogP contribution in [0.25, 0.3) is 21.5 Å². The number of carbonyl (C=O) groups excluding carboxylic acids is 2. The van der Waals surface area contributed by atoms with Crippen LogP contribution in [-0.4, -0.2) is 39.9 Å². The van der Waals surface area contributed by atoms with Gasteiger partial charge in [-0.2, -0.15) is 13.2 Å². The van der Waals surface area contributed by atoms with E-state index in [2.05, 4.69) is 30.9 Å². The van der Waals surface area contributed by atoms with Crippen LogP contribution in [-0.2, 0) is 15.8 Å². The van der Waals surface area contributed by atoms with Crippen molar-refractivity contribution in [2.45, 2.75) is 19.5 Å². The number of nitrogens with zero attached hydrogens (tertiary/aromatic N) is 3. The number of carbonyl (C=O) groups is 2. The molecule has 1 aliphatic heterocycles. The van der Waals surface area contributed by atoms with Crippen LogP contribution in [0.2, 0.25) is 0 Å². The average Bonchev–Trinajstić information content (AvgIpc) is 3.54. The molecule has 0 saturated carbocycles. The molecule has 4 aromatic rings. The first-order valence-electron chi connectivity index (χ1n) is 11.6. The third kappa shape index (κ3) is 5.58. The van der Waals surface area contributed by atoms with Crippen LogP contribution in [0.5, 0.6) is 11.6 Å². The average molecular weight is 543 g/mol. The highest BCUT2D eigenvalue weighted by molar-refractivity contribution is 7.22. The molecule has 9 nitrogen and oxygen atoms in total. The number of amides is 2. The largest absolute Gasteiger partial charge is 0.437 e. The first-order chi connectivity index (χ1) is 18.2. The Labute approximate surface area is 218 Å². The third-order valence-corrected chi connectivity index (χ3v) is 6.77. The number of alkyl halides is 3. The molecule has 196 valence electrons. The lowest BCUT2D eigenvalue weighted by Crippen LogP contribution is -2.25. The molecule has 38 heavy (non-hydrogen) atoms. The maximum atomic E-state index is 13.4. The van der Waals surface area contributed by atoms with Crippen LogP contribution in [0.4, 0.5) is 24.0 Å². The van der Waals surface area contributed by atoms with Crippen molar-refractivity contribution in [2.75, 3.05) is 23.7 Å². The molecule has 1 atom stereocenters. The Bertz CT molecular complexity index is 1520. The second-order valence-electron chi connectivity index (χ2n) is 8.58. The van der Waals surface area contributed by atoms with E-state index in [1.165, 1.54) is 36.7 Å². The number of anilines is 2. The number of hydrogen-bond acceptors (Lipinski definition) is 8. The van der Waals surface area contributed by atoms with Gasteiger partial charge < -0.3 is 20.7 Å². The molecule has 3 N–H and O–H groups in total. The Morgan fingerprint density at radius 3 is 2.71 bits per heavy atom. The third-order valence-electron chi connectivity index (χ3n) is 5.83. The van der Waals surface area contributed by atoms with Gasteiger partial charge in [0.05, 0.1) is 27.6 Å². The SMILES string of the molecule is CC(=O)Nc1nc2c(Oc3cc(-c4ccc(C(F)(F)F)cc4NC(=O)C4CCNC4)ncn3)cccc2s1. The summed E-state index contributed by atoms with van der Waals surface area (Å²) < 4.78 is 47.1. The molecule has 2 aromatic carbocycles. The summed E-state index contributed by atoms with van der Waals surface area (Å²) in [6.45, 7) is 2.50. The molecule has 1 saturated heterocycles. The Morgan fingerprint density at radius 2 is 1.97 bits per heavy atom. The highest BCUT2D eigenvalue weighted by atomic mass is 32.1. The molecule has 0 aliphatic carbocycles. The van der Waals surface area contributed by atoms with Gasteiger partial charge in [0.1, 0.15) is 11.8 Å². The van der Waals surface area contributed by atoms with Crippen LogP contribution in [0.3, 0.4) is 0 Å². The number of aromatic nitrogens is 3. The summed E-state index contributed by atoms with van der Waals surface area (Å²) in [5.74, 6) is -0.479. The molecular formula is C25H21F3N6O3S. The summed E-state index contributed by atoms with van der Waals surface area (Å²) in [5, 5.41) is 8.78. The van der Waals surface area contributed by atoms with Crippen LogP contribution in [0.15, 0.2) is 48.8 Å². The summed E-state index contributed by atoms with van der Waals surface area (Å²) in [4.78, 5) is 36.9. The van der Waals surface area contributed by atoms with Crippen molar-refractivity contribution in [3.8, 4) is 22.9 Å². The molecule has 0 bridgehead atoms. The van der Waals surface area contributed by atoms with Crippen LogP contribution in [0, 0.1) is 5.92 Å². The number of thiazole rings is 1. The normalized spacial score (nSPS) is 15.4. The summed E-state index contributed by atoms with van der Waals surface area (Å²) in [6.07, 6.45) is -2.77. The number of hydrogen-bond donors (Lipinski definition) is 3. The zero-order chi connectivity index (χ0) is 26.9. The summed E-state index contributed by atoms with van der Waals surface area (Å²) in [7, 11) is 0. The van der Waals surface area contributed by atoms with Crippen molar-refractivity contribution in [1.29, 1.82) is 0 Å². The lowest BCUT2D eigenvalue weighted by atomic mass is 10.0. The Balaban J connectivity index is 1.48. The lowest BCUT2D eigenvalue weighted by Gasteiger charge is -2.16. The van der Waals surface area contributed by atoms with E-state index in [9.17, 15) is 22.8 Å². The van der Waals surface area contributed by atoms with Gasteiger partial charge in [0.15, 0.2) is 10.9 Å². The summed E-state index contributed by atoms with van der Waals surface area (Å²) in [5.41, 5.74) is 0.145. The highest BCUT2D eigenvalue weighted by Gasteiger charge is 2.32. The number of ether oxygens (including phenoxy) is 1. The quantitative estimate of drug-likeness (QED) is 0.311. The number of fused-ring (bicyclic) bond motifs is 1. The van der Waals surface area contributed by atoms with Gasteiger partial charge in [-0.3, -0.25) is 9.59 Å². The summed E-state index contributed by atoms with van der Waals surface area (Å²) >= 11 is 1.28. The van der Waals surface area contributed by atoms with Gasteiger partial charge in [-0.25, -0.2) is 15.0 Å². The van der Waals surface area contributed by atoms with Gasteiger partial charge in [0.2, 0.25) is 17.7 Å². The molecule has 5 rings (SSSR count). The molecule has 1 aliphatic rings. The Kier molecular flexibility index (Phi) is 6.95. The molecule has 2 amide bonds. The monoisotopic (exact) mass is 542 g/mol. The molecule has 1 fully saturated rings. The Hall–Kier alpha value is -4.10. The summed E-state index contributed by atoms with van der Waals surface area (Å²) in [6, 6.07) is 9.83. The number of benzene rings is 2. The minimum Gasteiger partial charge on any atom is -0.437 e. The van der Waals surface area contributed by atoms with E-state index in [1.807, 2.05) is 6.07 Å². The lowest BCUT2D eigenvalue weighted by molar-refractivity contribution is -0.137. The van der Waals surface area contributed by atoms with Gasteiger partial charge >= 0.3 is 6.18 Å². The van der Waals surface area contributed by atoms with Gasteiger partial charge in [0, 0.05) is 25.1 Å². The van der Waals surface area contributed by atoms with Crippen LogP contribution in [0.1, 0.15) is 18.9 Å². The molecular weight excluding hydrogens is 521 g/mol. The maximum Gasteiger partial charge on any atom is 0.416 e. The number of para-hydroxylation sites is 1. The van der Waals surface area contributed by atoms with E-state index in [0.29, 0.717) is 35.9 Å². The molecule has 1 unspecified atom stereocenters. The van der Waals surface area contributed by atoms with E-state index in [4.69, 9.17) is 4.74 Å². The minimum absolute atomic E-state index is 0.0112. The van der Waals surface area contributed by atoms with Gasteiger partial charge in [0.25, 0.3) is 0 Å². The molecule has 0 spiro atoms. The number of rotatable bonds is 6. The fourth-order valence-electron chi connectivity index (χ4n) is 4.03. The van der Waals surface area contributed by atoms with E-state index in [-0.39, 0.29) is 40.6 Å². The van der Waals surface area contributed by atoms with E-state index < -0.39 is 11.7 Å². The second kappa shape index (κ2) is 10.3. The van der Waals surface area contributed by atoms with Crippen molar-refractivity contribution in [3.05, 3.63) is 54.4 Å². The smallest absolute Gasteiger partial charge is 0.416 e. The maximum absolute atomic E-state index is 13.4. The first-order valence-corrected chi connectivity index (χ1v) is 12.4. The van der Waals surface area contributed by atoms with Crippen LogP contribution >= 0.6 is 11.3 Å².